The fraction of sp³-hybridized carbons (Fsp3) is 0.273. The predicted molar refractivity (Wildman–Crippen MR) is 63.5 cm³/mol. The van der Waals surface area contributed by atoms with Gasteiger partial charge in [0.2, 0.25) is 4.47 Å². The molecule has 2 nitrogen and oxygen atoms in total. The topological polar surface area (TPSA) is 25.8 Å². The molecule has 0 aliphatic heterocycles. The fourth-order valence-electron chi connectivity index (χ4n) is 1.47. The number of rotatable bonds is 3. The zero-order valence-corrected chi connectivity index (χ0v) is 9.98. The first-order chi connectivity index (χ1) is 7.25. The maximum absolute atomic E-state index is 5.72. The van der Waals surface area contributed by atoms with Crippen molar-refractivity contribution in [3.05, 3.63) is 44.9 Å². The molecule has 0 radical (unpaired) electrons. The summed E-state index contributed by atoms with van der Waals surface area (Å²) < 4.78 is 0.523. The maximum Gasteiger partial charge on any atom is 0.207 e. The van der Waals surface area contributed by atoms with Crippen molar-refractivity contribution >= 4 is 22.9 Å². The molecule has 1 heterocycles. The summed E-state index contributed by atoms with van der Waals surface area (Å²) in [4.78, 5) is 0. The average Bonchev–Trinajstić information content (AvgIpc) is 2.63. The van der Waals surface area contributed by atoms with Gasteiger partial charge in [0.05, 0.1) is 0 Å². The van der Waals surface area contributed by atoms with E-state index < -0.39 is 0 Å². The Morgan fingerprint density at radius 3 is 2.67 bits per heavy atom. The second kappa shape index (κ2) is 4.73. The first-order valence-electron chi connectivity index (χ1n) is 4.78. The Bertz CT molecular complexity index is 453. The Kier molecular flexibility index (Phi) is 3.34. The van der Waals surface area contributed by atoms with Gasteiger partial charge in [-0.1, -0.05) is 35.6 Å². The Morgan fingerprint density at radius 1 is 1.20 bits per heavy atom. The molecule has 0 aliphatic rings. The van der Waals surface area contributed by atoms with Crippen molar-refractivity contribution in [2.45, 2.75) is 19.8 Å². The second-order valence-corrected chi connectivity index (χ2v) is 5.02. The van der Waals surface area contributed by atoms with E-state index in [1.807, 2.05) is 0 Å². The SMILES string of the molecule is Cc1ccccc1CCc1nnc(Cl)s1. The molecule has 0 atom stereocenters. The first-order valence-corrected chi connectivity index (χ1v) is 5.97. The van der Waals surface area contributed by atoms with E-state index in [1.54, 1.807) is 0 Å². The highest BCUT2D eigenvalue weighted by Crippen LogP contribution is 2.17. The summed E-state index contributed by atoms with van der Waals surface area (Å²) in [6, 6.07) is 8.40. The van der Waals surface area contributed by atoms with Crippen LogP contribution in [0.5, 0.6) is 0 Å². The molecule has 0 saturated heterocycles. The van der Waals surface area contributed by atoms with Crippen LogP contribution in [0.4, 0.5) is 0 Å². The Balaban J connectivity index is 2.02. The normalized spacial score (nSPS) is 10.5. The van der Waals surface area contributed by atoms with Crippen molar-refractivity contribution in [3.8, 4) is 0 Å². The van der Waals surface area contributed by atoms with Gasteiger partial charge in [-0.15, -0.1) is 10.2 Å². The number of aryl methyl sites for hydroxylation is 3. The molecule has 0 saturated carbocycles. The number of aromatic nitrogens is 2. The van der Waals surface area contributed by atoms with Crippen LogP contribution in [0.15, 0.2) is 24.3 Å². The van der Waals surface area contributed by atoms with Crippen LogP contribution < -0.4 is 0 Å². The summed E-state index contributed by atoms with van der Waals surface area (Å²) in [5.41, 5.74) is 2.69. The lowest BCUT2D eigenvalue weighted by atomic mass is 10.0. The third-order valence-electron chi connectivity index (χ3n) is 2.31. The van der Waals surface area contributed by atoms with E-state index in [4.69, 9.17) is 11.6 Å². The number of hydrogen-bond acceptors (Lipinski definition) is 3. The molecule has 0 aliphatic carbocycles. The lowest BCUT2D eigenvalue weighted by Crippen LogP contribution is -1.93. The summed E-state index contributed by atoms with van der Waals surface area (Å²) in [6.45, 7) is 2.13. The van der Waals surface area contributed by atoms with Gasteiger partial charge in [0, 0.05) is 6.42 Å². The molecule has 1 aromatic heterocycles. The average molecular weight is 239 g/mol. The summed E-state index contributed by atoms with van der Waals surface area (Å²) >= 11 is 7.17. The van der Waals surface area contributed by atoms with Crippen molar-refractivity contribution < 1.29 is 0 Å². The van der Waals surface area contributed by atoms with Gasteiger partial charge in [0.15, 0.2) is 0 Å². The Morgan fingerprint density at radius 2 is 2.00 bits per heavy atom. The van der Waals surface area contributed by atoms with Gasteiger partial charge < -0.3 is 0 Å². The van der Waals surface area contributed by atoms with Gasteiger partial charge in [-0.05, 0) is 36.1 Å². The largest absolute Gasteiger partial charge is 0.207 e. The van der Waals surface area contributed by atoms with Gasteiger partial charge in [-0.3, -0.25) is 0 Å². The molecular formula is C11H11ClN2S. The lowest BCUT2D eigenvalue weighted by Gasteiger charge is -2.02. The van der Waals surface area contributed by atoms with E-state index >= 15 is 0 Å². The van der Waals surface area contributed by atoms with Crippen molar-refractivity contribution in [1.82, 2.24) is 10.2 Å². The van der Waals surface area contributed by atoms with E-state index in [1.165, 1.54) is 22.5 Å². The van der Waals surface area contributed by atoms with Crippen LogP contribution in [0, 0.1) is 6.92 Å². The molecule has 0 bridgehead atoms. The number of hydrogen-bond donors (Lipinski definition) is 0. The third-order valence-corrected chi connectivity index (χ3v) is 3.39. The second-order valence-electron chi connectivity index (χ2n) is 3.38. The minimum atomic E-state index is 0.523. The highest BCUT2D eigenvalue weighted by atomic mass is 35.5. The fourth-order valence-corrected chi connectivity index (χ4v) is 2.33. The Labute approximate surface area is 97.9 Å². The van der Waals surface area contributed by atoms with E-state index in [2.05, 4.69) is 41.4 Å². The van der Waals surface area contributed by atoms with E-state index in [0.29, 0.717) is 4.47 Å². The summed E-state index contributed by atoms with van der Waals surface area (Å²) in [6.07, 6.45) is 1.91. The first kappa shape index (κ1) is 10.6. The van der Waals surface area contributed by atoms with Gasteiger partial charge in [-0.2, -0.15) is 0 Å². The highest BCUT2D eigenvalue weighted by Gasteiger charge is 2.03. The molecule has 0 N–H and O–H groups in total. The minimum Gasteiger partial charge on any atom is -0.142 e. The number of nitrogens with zero attached hydrogens (tertiary/aromatic N) is 2. The zero-order valence-electron chi connectivity index (χ0n) is 8.40. The molecule has 15 heavy (non-hydrogen) atoms. The van der Waals surface area contributed by atoms with Crippen molar-refractivity contribution in [3.63, 3.8) is 0 Å². The number of halogens is 1. The lowest BCUT2D eigenvalue weighted by molar-refractivity contribution is 0.898. The third kappa shape index (κ3) is 2.76. The van der Waals surface area contributed by atoms with Crippen LogP contribution >= 0.6 is 22.9 Å². The predicted octanol–water partition coefficient (Wildman–Crippen LogP) is 3.29. The van der Waals surface area contributed by atoms with E-state index in [0.717, 1.165) is 17.8 Å². The van der Waals surface area contributed by atoms with Crippen LogP contribution in [0.2, 0.25) is 4.47 Å². The molecule has 2 aromatic rings. The van der Waals surface area contributed by atoms with Gasteiger partial charge in [-0.25, -0.2) is 0 Å². The van der Waals surface area contributed by atoms with Crippen LogP contribution in [-0.4, -0.2) is 10.2 Å². The van der Waals surface area contributed by atoms with Crippen LogP contribution in [0.25, 0.3) is 0 Å². The Hall–Kier alpha value is -0.930. The zero-order chi connectivity index (χ0) is 10.7. The molecule has 4 heteroatoms. The minimum absolute atomic E-state index is 0.523. The van der Waals surface area contributed by atoms with E-state index in [-0.39, 0.29) is 0 Å². The molecule has 1 aromatic carbocycles. The summed E-state index contributed by atoms with van der Waals surface area (Å²) in [5.74, 6) is 0. The molecule has 78 valence electrons. The summed E-state index contributed by atoms with van der Waals surface area (Å²) in [7, 11) is 0. The van der Waals surface area contributed by atoms with Crippen molar-refractivity contribution in [1.29, 1.82) is 0 Å². The van der Waals surface area contributed by atoms with Gasteiger partial charge in [0.1, 0.15) is 5.01 Å². The smallest absolute Gasteiger partial charge is 0.142 e. The van der Waals surface area contributed by atoms with Crippen LogP contribution in [0.3, 0.4) is 0 Å². The summed E-state index contributed by atoms with van der Waals surface area (Å²) in [5, 5.41) is 8.79. The van der Waals surface area contributed by atoms with Crippen molar-refractivity contribution in [2.75, 3.05) is 0 Å². The monoisotopic (exact) mass is 238 g/mol. The van der Waals surface area contributed by atoms with Gasteiger partial charge in [0.25, 0.3) is 0 Å². The molecular weight excluding hydrogens is 228 g/mol. The molecule has 0 unspecified atom stereocenters. The maximum atomic E-state index is 5.72. The van der Waals surface area contributed by atoms with Crippen molar-refractivity contribution in [2.24, 2.45) is 0 Å². The molecule has 0 spiro atoms. The van der Waals surface area contributed by atoms with Crippen LogP contribution in [0.1, 0.15) is 16.1 Å². The molecule has 0 fully saturated rings. The standard InChI is InChI=1S/C11H11ClN2S/c1-8-4-2-3-5-9(8)6-7-10-13-14-11(12)15-10/h2-5H,6-7H2,1H3. The number of benzene rings is 1. The highest BCUT2D eigenvalue weighted by molar-refractivity contribution is 7.15. The van der Waals surface area contributed by atoms with Crippen LogP contribution in [-0.2, 0) is 12.8 Å². The van der Waals surface area contributed by atoms with Gasteiger partial charge >= 0.3 is 0 Å². The molecule has 0 amide bonds. The molecule has 2 rings (SSSR count). The quantitative estimate of drug-likeness (QED) is 0.820. The van der Waals surface area contributed by atoms with E-state index in [9.17, 15) is 0 Å².